The monoisotopic (exact) mass is 450 g/mol. The molecule has 1 aliphatic heterocycles. The van der Waals surface area contributed by atoms with Crippen LogP contribution in [0.2, 0.25) is 5.02 Å². The zero-order valence-corrected chi connectivity index (χ0v) is 18.9. The molecule has 0 aliphatic carbocycles. The number of methoxy groups -OCH3 is 1. The molecule has 4 rings (SSSR count). The molecule has 0 radical (unpaired) electrons. The van der Waals surface area contributed by atoms with E-state index in [-0.39, 0.29) is 11.8 Å². The summed E-state index contributed by atoms with van der Waals surface area (Å²) in [6.45, 7) is 0.390. The first-order valence-corrected chi connectivity index (χ1v) is 11.2. The molecule has 0 saturated carbocycles. The SMILES string of the molecule is COc1ccc(C[C@@]2(CCC(=O)NCc3ccccc3Cl)CCC(=O)N2)c2ccccc12. The number of nitrogens with one attached hydrogen (secondary N) is 2. The van der Waals surface area contributed by atoms with Gasteiger partial charge in [0.25, 0.3) is 0 Å². The number of amides is 2. The molecule has 5 nitrogen and oxygen atoms in total. The lowest BCUT2D eigenvalue weighted by Gasteiger charge is -2.30. The summed E-state index contributed by atoms with van der Waals surface area (Å²) < 4.78 is 5.51. The Balaban J connectivity index is 1.48. The van der Waals surface area contributed by atoms with E-state index in [1.54, 1.807) is 7.11 Å². The first kappa shape index (κ1) is 22.2. The van der Waals surface area contributed by atoms with Crippen molar-refractivity contribution < 1.29 is 14.3 Å². The third-order valence-corrected chi connectivity index (χ3v) is 6.59. The second-order valence-electron chi connectivity index (χ2n) is 8.35. The van der Waals surface area contributed by atoms with Crippen molar-refractivity contribution in [2.75, 3.05) is 7.11 Å². The fourth-order valence-corrected chi connectivity index (χ4v) is 4.69. The van der Waals surface area contributed by atoms with Crippen LogP contribution in [0.1, 0.15) is 36.8 Å². The second kappa shape index (κ2) is 9.61. The van der Waals surface area contributed by atoms with Crippen LogP contribution in [0, 0.1) is 0 Å². The van der Waals surface area contributed by atoms with E-state index in [0.717, 1.165) is 27.6 Å². The number of halogens is 1. The number of carbonyl (C=O) groups is 2. The van der Waals surface area contributed by atoms with Crippen molar-refractivity contribution in [1.29, 1.82) is 0 Å². The Labute approximate surface area is 193 Å². The van der Waals surface area contributed by atoms with Crippen LogP contribution >= 0.6 is 11.6 Å². The smallest absolute Gasteiger partial charge is 0.220 e. The summed E-state index contributed by atoms with van der Waals surface area (Å²) in [7, 11) is 1.67. The average molecular weight is 451 g/mol. The summed E-state index contributed by atoms with van der Waals surface area (Å²) >= 11 is 6.18. The van der Waals surface area contributed by atoms with Crippen molar-refractivity contribution in [3.05, 3.63) is 76.8 Å². The van der Waals surface area contributed by atoms with Crippen molar-refractivity contribution >= 4 is 34.2 Å². The van der Waals surface area contributed by atoms with E-state index in [4.69, 9.17) is 16.3 Å². The van der Waals surface area contributed by atoms with Gasteiger partial charge in [0.05, 0.1) is 7.11 Å². The van der Waals surface area contributed by atoms with Crippen LogP contribution in [0.15, 0.2) is 60.7 Å². The lowest BCUT2D eigenvalue weighted by Crippen LogP contribution is -2.44. The summed E-state index contributed by atoms with van der Waals surface area (Å²) in [4.78, 5) is 24.7. The molecule has 3 aromatic carbocycles. The highest BCUT2D eigenvalue weighted by Gasteiger charge is 2.38. The zero-order valence-electron chi connectivity index (χ0n) is 18.1. The van der Waals surface area contributed by atoms with Gasteiger partial charge < -0.3 is 15.4 Å². The summed E-state index contributed by atoms with van der Waals surface area (Å²) in [6, 6.07) is 19.6. The van der Waals surface area contributed by atoms with Crippen molar-refractivity contribution in [3.8, 4) is 5.75 Å². The van der Waals surface area contributed by atoms with E-state index in [2.05, 4.69) is 22.8 Å². The molecule has 0 spiro atoms. The van der Waals surface area contributed by atoms with Gasteiger partial charge in [0, 0.05) is 35.3 Å². The van der Waals surface area contributed by atoms with Gasteiger partial charge in [0.15, 0.2) is 0 Å². The van der Waals surface area contributed by atoms with Crippen LogP contribution < -0.4 is 15.4 Å². The van der Waals surface area contributed by atoms with Gasteiger partial charge in [-0.1, -0.05) is 60.1 Å². The molecule has 0 bridgehead atoms. The number of rotatable bonds is 8. The van der Waals surface area contributed by atoms with Gasteiger partial charge >= 0.3 is 0 Å². The number of benzene rings is 3. The maximum absolute atomic E-state index is 12.6. The average Bonchev–Trinajstić information content (AvgIpc) is 3.18. The second-order valence-corrected chi connectivity index (χ2v) is 8.75. The van der Waals surface area contributed by atoms with Gasteiger partial charge in [0.2, 0.25) is 11.8 Å². The van der Waals surface area contributed by atoms with Crippen molar-refractivity contribution in [3.63, 3.8) is 0 Å². The Bertz CT molecular complexity index is 1150. The molecule has 1 fully saturated rings. The molecule has 166 valence electrons. The van der Waals surface area contributed by atoms with Crippen LogP contribution in [-0.4, -0.2) is 24.5 Å². The van der Waals surface area contributed by atoms with Crippen molar-refractivity contribution in [2.45, 2.75) is 44.2 Å². The molecule has 1 saturated heterocycles. The molecular formula is C26H27ClN2O3. The summed E-state index contributed by atoms with van der Waals surface area (Å²) in [5, 5.41) is 8.91. The molecule has 1 atom stereocenters. The number of fused-ring (bicyclic) bond motifs is 1. The standard InChI is InChI=1S/C26H27ClN2O3/c1-32-23-11-10-18(20-7-3-4-8-21(20)23)16-26(15-13-25(31)29-26)14-12-24(30)28-17-19-6-2-5-9-22(19)27/h2-11H,12-17H2,1H3,(H,28,30)(H,29,31)/t26-/m1/s1. The Morgan fingerprint density at radius 3 is 2.53 bits per heavy atom. The summed E-state index contributed by atoms with van der Waals surface area (Å²) in [5.41, 5.74) is 1.59. The minimum Gasteiger partial charge on any atom is -0.496 e. The van der Waals surface area contributed by atoms with Crippen molar-refractivity contribution in [1.82, 2.24) is 10.6 Å². The fraction of sp³-hybridized carbons (Fsp3) is 0.308. The van der Waals surface area contributed by atoms with E-state index >= 15 is 0 Å². The van der Waals surface area contributed by atoms with Gasteiger partial charge in [-0.3, -0.25) is 9.59 Å². The van der Waals surface area contributed by atoms with Gasteiger partial charge in [-0.25, -0.2) is 0 Å². The van der Waals surface area contributed by atoms with Crippen LogP contribution in [-0.2, 0) is 22.6 Å². The van der Waals surface area contributed by atoms with Crippen LogP contribution in [0.25, 0.3) is 10.8 Å². The lowest BCUT2D eigenvalue weighted by molar-refractivity contribution is -0.122. The Morgan fingerprint density at radius 2 is 1.81 bits per heavy atom. The first-order valence-electron chi connectivity index (χ1n) is 10.9. The summed E-state index contributed by atoms with van der Waals surface area (Å²) in [6.07, 6.45) is 2.77. The molecule has 2 amide bonds. The van der Waals surface area contributed by atoms with E-state index < -0.39 is 5.54 Å². The zero-order chi connectivity index (χ0) is 22.6. The highest BCUT2D eigenvalue weighted by atomic mass is 35.5. The Morgan fingerprint density at radius 1 is 1.06 bits per heavy atom. The predicted molar refractivity (Wildman–Crippen MR) is 127 cm³/mol. The Kier molecular flexibility index (Phi) is 6.66. The predicted octanol–water partition coefficient (Wildman–Crippen LogP) is 4.79. The third kappa shape index (κ3) is 4.89. The summed E-state index contributed by atoms with van der Waals surface area (Å²) in [5.74, 6) is 0.817. The molecule has 0 unspecified atom stereocenters. The quantitative estimate of drug-likeness (QED) is 0.518. The van der Waals surface area contributed by atoms with Gasteiger partial charge in [0.1, 0.15) is 5.75 Å². The van der Waals surface area contributed by atoms with Crippen LogP contribution in [0.4, 0.5) is 0 Å². The van der Waals surface area contributed by atoms with E-state index in [1.807, 2.05) is 48.5 Å². The number of ether oxygens (including phenoxy) is 1. The lowest BCUT2D eigenvalue weighted by atomic mass is 9.83. The number of hydrogen-bond donors (Lipinski definition) is 2. The highest BCUT2D eigenvalue weighted by Crippen LogP contribution is 2.35. The van der Waals surface area contributed by atoms with E-state index in [0.29, 0.717) is 43.7 Å². The number of carbonyl (C=O) groups excluding carboxylic acids is 2. The maximum Gasteiger partial charge on any atom is 0.220 e. The Hall–Kier alpha value is -3.05. The largest absolute Gasteiger partial charge is 0.496 e. The molecule has 32 heavy (non-hydrogen) atoms. The molecule has 0 aromatic heterocycles. The fourth-order valence-electron chi connectivity index (χ4n) is 4.49. The minimum atomic E-state index is -0.434. The normalized spacial score (nSPS) is 17.9. The molecule has 3 aromatic rings. The molecule has 1 heterocycles. The third-order valence-electron chi connectivity index (χ3n) is 6.22. The highest BCUT2D eigenvalue weighted by molar-refractivity contribution is 6.31. The van der Waals surface area contributed by atoms with Crippen LogP contribution in [0.5, 0.6) is 5.75 Å². The minimum absolute atomic E-state index is 0.0410. The van der Waals surface area contributed by atoms with Crippen molar-refractivity contribution in [2.24, 2.45) is 0 Å². The maximum atomic E-state index is 12.6. The molecule has 1 aliphatic rings. The molecule has 2 N–H and O–H groups in total. The molecular weight excluding hydrogens is 424 g/mol. The van der Waals surface area contributed by atoms with Gasteiger partial charge in [-0.05, 0) is 47.9 Å². The van der Waals surface area contributed by atoms with E-state index in [9.17, 15) is 9.59 Å². The van der Waals surface area contributed by atoms with Gasteiger partial charge in [-0.15, -0.1) is 0 Å². The van der Waals surface area contributed by atoms with Gasteiger partial charge in [-0.2, -0.15) is 0 Å². The topological polar surface area (TPSA) is 67.4 Å². The first-order chi connectivity index (χ1) is 15.5. The molecule has 6 heteroatoms. The number of hydrogen-bond acceptors (Lipinski definition) is 3. The van der Waals surface area contributed by atoms with E-state index in [1.165, 1.54) is 0 Å². The van der Waals surface area contributed by atoms with Crippen LogP contribution in [0.3, 0.4) is 0 Å².